The number of halogens is 1. The van der Waals surface area contributed by atoms with Gasteiger partial charge in [-0.2, -0.15) is 0 Å². The van der Waals surface area contributed by atoms with Gasteiger partial charge in [0.15, 0.2) is 0 Å². The molecular weight excluding hydrogens is 387 g/mol. The van der Waals surface area contributed by atoms with Crippen molar-refractivity contribution in [2.45, 2.75) is 19.6 Å². The van der Waals surface area contributed by atoms with Crippen LogP contribution in [0, 0.1) is 12.7 Å². The molecule has 3 heterocycles. The largest absolute Gasteiger partial charge is 0.443 e. The Morgan fingerprint density at radius 2 is 2.17 bits per heavy atom. The molecule has 1 amide bonds. The summed E-state index contributed by atoms with van der Waals surface area (Å²) in [5, 5.41) is 2.11. The van der Waals surface area contributed by atoms with E-state index in [9.17, 15) is 4.79 Å². The van der Waals surface area contributed by atoms with E-state index in [1.54, 1.807) is 6.20 Å². The van der Waals surface area contributed by atoms with Crippen LogP contribution < -0.4 is 21.0 Å². The molecule has 4 rings (SSSR count). The number of ether oxygens (including phenoxy) is 1. The van der Waals surface area contributed by atoms with Crippen molar-refractivity contribution < 1.29 is 13.9 Å². The number of rotatable bonds is 5. The SMILES string of the molecule is Cc1cc(N2C[C@H](CN)OC2=O)cc(F)c1N1CCNN(Cc2ccccn2)CC1. The number of hydrogen-bond acceptors (Lipinski definition) is 7. The van der Waals surface area contributed by atoms with Crippen LogP contribution in [0.4, 0.5) is 20.6 Å². The fourth-order valence-corrected chi connectivity index (χ4v) is 3.95. The molecule has 0 saturated carbocycles. The number of amides is 1. The van der Waals surface area contributed by atoms with Crippen LogP contribution in [0.25, 0.3) is 0 Å². The number of hydrogen-bond donors (Lipinski definition) is 2. The van der Waals surface area contributed by atoms with Gasteiger partial charge in [0, 0.05) is 38.9 Å². The van der Waals surface area contributed by atoms with Gasteiger partial charge in [-0.3, -0.25) is 15.3 Å². The predicted octanol–water partition coefficient (Wildman–Crippen LogP) is 1.64. The van der Waals surface area contributed by atoms with E-state index in [0.29, 0.717) is 44.1 Å². The van der Waals surface area contributed by atoms with Crippen molar-refractivity contribution in [3.8, 4) is 0 Å². The smallest absolute Gasteiger partial charge is 0.414 e. The molecule has 0 unspecified atom stereocenters. The molecule has 3 N–H and O–H groups in total. The fourth-order valence-electron chi connectivity index (χ4n) is 3.95. The lowest BCUT2D eigenvalue weighted by Gasteiger charge is -2.26. The second kappa shape index (κ2) is 8.95. The van der Waals surface area contributed by atoms with E-state index in [0.717, 1.165) is 17.8 Å². The van der Waals surface area contributed by atoms with Gasteiger partial charge in [-0.25, -0.2) is 14.2 Å². The summed E-state index contributed by atoms with van der Waals surface area (Å²) in [5.74, 6) is -0.341. The van der Waals surface area contributed by atoms with Crippen molar-refractivity contribution in [1.82, 2.24) is 15.4 Å². The molecule has 0 aliphatic carbocycles. The van der Waals surface area contributed by atoms with Crippen molar-refractivity contribution in [1.29, 1.82) is 0 Å². The molecule has 2 fully saturated rings. The maximum Gasteiger partial charge on any atom is 0.414 e. The first-order valence-corrected chi connectivity index (χ1v) is 10.2. The summed E-state index contributed by atoms with van der Waals surface area (Å²) in [6.45, 7) is 5.93. The van der Waals surface area contributed by atoms with E-state index in [-0.39, 0.29) is 18.5 Å². The van der Waals surface area contributed by atoms with E-state index in [1.807, 2.05) is 36.1 Å². The molecule has 1 atom stereocenters. The minimum Gasteiger partial charge on any atom is -0.443 e. The van der Waals surface area contributed by atoms with Gasteiger partial charge in [0.25, 0.3) is 0 Å². The summed E-state index contributed by atoms with van der Waals surface area (Å²) in [6, 6.07) is 9.10. The third-order valence-electron chi connectivity index (χ3n) is 5.44. The lowest BCUT2D eigenvalue weighted by Crippen LogP contribution is -2.38. The number of anilines is 2. The standard InChI is InChI=1S/C21H27FN6O2/c1-15-10-17(28-14-18(12-23)30-21(28)29)11-19(22)20(15)26-7-6-25-27(9-8-26)13-16-4-2-3-5-24-16/h2-5,10-11,18,25H,6-9,12-14,23H2,1H3/t18-/m0/s1. The number of cyclic esters (lactones) is 1. The van der Waals surface area contributed by atoms with Gasteiger partial charge in [0.2, 0.25) is 0 Å². The number of aryl methyl sites for hydroxylation is 1. The third kappa shape index (κ3) is 4.38. The highest BCUT2D eigenvalue weighted by molar-refractivity contribution is 5.90. The third-order valence-corrected chi connectivity index (χ3v) is 5.44. The minimum absolute atomic E-state index is 0.248. The Bertz CT molecular complexity index is 873. The monoisotopic (exact) mass is 414 g/mol. The van der Waals surface area contributed by atoms with Crippen LogP contribution in [0.5, 0.6) is 0 Å². The Kier molecular flexibility index (Phi) is 6.12. The summed E-state index contributed by atoms with van der Waals surface area (Å²) in [4.78, 5) is 19.9. The van der Waals surface area contributed by atoms with Crippen molar-refractivity contribution >= 4 is 17.5 Å². The molecule has 30 heavy (non-hydrogen) atoms. The van der Waals surface area contributed by atoms with Gasteiger partial charge in [0.1, 0.15) is 11.9 Å². The van der Waals surface area contributed by atoms with Crippen LogP contribution in [0.1, 0.15) is 11.3 Å². The average molecular weight is 414 g/mol. The highest BCUT2D eigenvalue weighted by Crippen LogP contribution is 2.31. The van der Waals surface area contributed by atoms with E-state index >= 15 is 4.39 Å². The van der Waals surface area contributed by atoms with Crippen LogP contribution in [0.15, 0.2) is 36.5 Å². The molecule has 0 spiro atoms. The molecule has 9 heteroatoms. The Morgan fingerprint density at radius 3 is 2.87 bits per heavy atom. The lowest BCUT2D eigenvalue weighted by molar-refractivity contribution is 0.145. The zero-order chi connectivity index (χ0) is 21.1. The first-order chi connectivity index (χ1) is 14.5. The Balaban J connectivity index is 1.47. The molecule has 2 saturated heterocycles. The molecule has 2 aliphatic heterocycles. The number of nitrogens with one attached hydrogen (secondary N) is 1. The number of carbonyl (C=O) groups excluding carboxylic acids is 1. The Hall–Kier alpha value is -2.75. The van der Waals surface area contributed by atoms with E-state index < -0.39 is 6.09 Å². The van der Waals surface area contributed by atoms with Crippen molar-refractivity contribution in [2.75, 3.05) is 49.1 Å². The Morgan fingerprint density at radius 1 is 1.30 bits per heavy atom. The number of hydrazine groups is 1. The van der Waals surface area contributed by atoms with Gasteiger partial charge in [0.05, 0.1) is 30.2 Å². The predicted molar refractivity (Wildman–Crippen MR) is 113 cm³/mol. The summed E-state index contributed by atoms with van der Waals surface area (Å²) in [6.07, 6.45) is 0.939. The highest BCUT2D eigenvalue weighted by atomic mass is 19.1. The summed E-state index contributed by atoms with van der Waals surface area (Å²) in [7, 11) is 0. The van der Waals surface area contributed by atoms with Crippen LogP contribution >= 0.6 is 0 Å². The average Bonchev–Trinajstić information content (AvgIpc) is 2.97. The summed E-state index contributed by atoms with van der Waals surface area (Å²) >= 11 is 0. The molecule has 0 radical (unpaired) electrons. The minimum atomic E-state index is -0.485. The second-order valence-corrected chi connectivity index (χ2v) is 7.58. The van der Waals surface area contributed by atoms with Crippen molar-refractivity contribution in [2.24, 2.45) is 5.73 Å². The van der Waals surface area contributed by atoms with Crippen molar-refractivity contribution in [3.05, 3.63) is 53.6 Å². The maximum absolute atomic E-state index is 15.1. The van der Waals surface area contributed by atoms with Crippen LogP contribution in [0.3, 0.4) is 0 Å². The maximum atomic E-state index is 15.1. The first-order valence-electron chi connectivity index (χ1n) is 10.2. The fraction of sp³-hybridized carbons (Fsp3) is 0.429. The molecular formula is C21H27FN6O2. The molecule has 160 valence electrons. The van der Waals surface area contributed by atoms with Crippen molar-refractivity contribution in [3.63, 3.8) is 0 Å². The quantitative estimate of drug-likeness (QED) is 0.769. The molecule has 8 nitrogen and oxygen atoms in total. The number of nitrogens with two attached hydrogens (primary N) is 1. The van der Waals surface area contributed by atoms with Gasteiger partial charge < -0.3 is 15.4 Å². The molecule has 2 aliphatic rings. The number of carbonyl (C=O) groups is 1. The van der Waals surface area contributed by atoms with E-state index in [1.165, 1.54) is 11.0 Å². The molecule has 2 aromatic rings. The van der Waals surface area contributed by atoms with Gasteiger partial charge >= 0.3 is 6.09 Å². The lowest BCUT2D eigenvalue weighted by atomic mass is 10.1. The highest BCUT2D eigenvalue weighted by Gasteiger charge is 2.32. The Labute approximate surface area is 175 Å². The summed E-state index contributed by atoms with van der Waals surface area (Å²) < 4.78 is 20.3. The molecule has 1 aromatic carbocycles. The van der Waals surface area contributed by atoms with E-state index in [2.05, 4.69) is 15.4 Å². The van der Waals surface area contributed by atoms with Gasteiger partial charge in [-0.15, -0.1) is 0 Å². The number of aromatic nitrogens is 1. The zero-order valence-electron chi connectivity index (χ0n) is 17.1. The van der Waals surface area contributed by atoms with Crippen LogP contribution in [0.2, 0.25) is 0 Å². The second-order valence-electron chi connectivity index (χ2n) is 7.58. The summed E-state index contributed by atoms with van der Waals surface area (Å²) in [5.41, 5.74) is 11.8. The number of nitrogens with zero attached hydrogens (tertiary/aromatic N) is 4. The van der Waals surface area contributed by atoms with Crippen LogP contribution in [-0.2, 0) is 11.3 Å². The molecule has 0 bridgehead atoms. The van der Waals surface area contributed by atoms with Crippen LogP contribution in [-0.4, -0.2) is 61.5 Å². The normalized spacial score (nSPS) is 20.4. The van der Waals surface area contributed by atoms with Gasteiger partial charge in [-0.1, -0.05) is 6.07 Å². The van der Waals surface area contributed by atoms with E-state index in [4.69, 9.17) is 10.5 Å². The zero-order valence-corrected chi connectivity index (χ0v) is 17.1. The molecule has 1 aromatic heterocycles. The number of benzene rings is 1. The topological polar surface area (TPSA) is 87.0 Å². The first kappa shape index (κ1) is 20.5. The number of pyridine rings is 1. The van der Waals surface area contributed by atoms with Gasteiger partial charge in [-0.05, 0) is 36.8 Å².